The molecular formula is C15H11Cl2NO4. The largest absolute Gasteiger partial charge is 0.502 e. The number of aromatic hydroxyl groups is 1. The Labute approximate surface area is 136 Å². The van der Waals surface area contributed by atoms with Gasteiger partial charge in [0, 0.05) is 6.07 Å². The van der Waals surface area contributed by atoms with Crippen molar-refractivity contribution in [1.82, 2.24) is 0 Å². The second-order valence-electron chi connectivity index (χ2n) is 4.48. The number of aliphatic hydroxyl groups is 1. The van der Waals surface area contributed by atoms with Gasteiger partial charge in [-0.25, -0.2) is 0 Å². The summed E-state index contributed by atoms with van der Waals surface area (Å²) in [6.07, 6.45) is 2.09. The number of hydrogen-bond acceptors (Lipinski definition) is 4. The normalized spacial score (nSPS) is 12.5. The predicted octanol–water partition coefficient (Wildman–Crippen LogP) is 4.35. The zero-order valence-corrected chi connectivity index (χ0v) is 12.6. The highest BCUT2D eigenvalue weighted by atomic mass is 35.5. The summed E-state index contributed by atoms with van der Waals surface area (Å²) in [7, 11) is 0. The average molecular weight is 340 g/mol. The average Bonchev–Trinajstić information content (AvgIpc) is 2.47. The number of phenolic OH excluding ortho intramolecular Hbond substituents is 1. The minimum atomic E-state index is -0.924. The molecule has 0 aliphatic carbocycles. The van der Waals surface area contributed by atoms with Gasteiger partial charge in [0.1, 0.15) is 0 Å². The van der Waals surface area contributed by atoms with Gasteiger partial charge in [0.2, 0.25) is 0 Å². The lowest BCUT2D eigenvalue weighted by atomic mass is 10.1. The van der Waals surface area contributed by atoms with E-state index in [1.165, 1.54) is 30.4 Å². The maximum atomic E-state index is 10.6. The van der Waals surface area contributed by atoms with E-state index in [2.05, 4.69) is 0 Å². The van der Waals surface area contributed by atoms with Gasteiger partial charge in [-0.3, -0.25) is 10.1 Å². The molecule has 0 aliphatic heterocycles. The third-order valence-electron chi connectivity index (χ3n) is 2.95. The Balaban J connectivity index is 2.18. The summed E-state index contributed by atoms with van der Waals surface area (Å²) in [4.78, 5) is 9.93. The van der Waals surface area contributed by atoms with Gasteiger partial charge in [0.15, 0.2) is 5.75 Å². The van der Waals surface area contributed by atoms with Crippen LogP contribution in [0.3, 0.4) is 0 Å². The van der Waals surface area contributed by atoms with E-state index in [0.717, 1.165) is 0 Å². The third kappa shape index (κ3) is 3.76. The van der Waals surface area contributed by atoms with Gasteiger partial charge in [0.05, 0.1) is 21.1 Å². The van der Waals surface area contributed by atoms with Gasteiger partial charge in [-0.2, -0.15) is 0 Å². The van der Waals surface area contributed by atoms with Crippen LogP contribution in [0.5, 0.6) is 5.75 Å². The first kappa shape index (κ1) is 16.3. The summed E-state index contributed by atoms with van der Waals surface area (Å²) in [5.74, 6) is -0.434. The summed E-state index contributed by atoms with van der Waals surface area (Å²) in [5, 5.41) is 30.9. The summed E-state index contributed by atoms with van der Waals surface area (Å²) in [6.45, 7) is 0. The van der Waals surface area contributed by atoms with E-state index in [-0.39, 0.29) is 5.69 Å². The lowest BCUT2D eigenvalue weighted by molar-refractivity contribution is -0.385. The first-order valence-corrected chi connectivity index (χ1v) is 6.92. The van der Waals surface area contributed by atoms with E-state index in [1.54, 1.807) is 18.2 Å². The van der Waals surface area contributed by atoms with Gasteiger partial charge >= 0.3 is 5.69 Å². The molecule has 0 spiro atoms. The summed E-state index contributed by atoms with van der Waals surface area (Å²) in [5.41, 5.74) is 0.696. The Kier molecular flexibility index (Phi) is 5.03. The highest BCUT2D eigenvalue weighted by Crippen LogP contribution is 2.28. The van der Waals surface area contributed by atoms with Crippen LogP contribution in [0.2, 0.25) is 10.0 Å². The van der Waals surface area contributed by atoms with Gasteiger partial charge in [-0.05, 0) is 35.4 Å². The Hall–Kier alpha value is -2.08. The smallest absolute Gasteiger partial charge is 0.310 e. The first-order valence-electron chi connectivity index (χ1n) is 6.17. The second kappa shape index (κ2) is 6.79. The molecule has 0 aliphatic rings. The van der Waals surface area contributed by atoms with Crippen LogP contribution in [-0.2, 0) is 0 Å². The molecule has 114 valence electrons. The van der Waals surface area contributed by atoms with Crippen LogP contribution < -0.4 is 0 Å². The molecule has 0 amide bonds. The van der Waals surface area contributed by atoms with E-state index in [9.17, 15) is 20.3 Å². The van der Waals surface area contributed by atoms with E-state index in [4.69, 9.17) is 23.2 Å². The van der Waals surface area contributed by atoms with Crippen LogP contribution in [0.1, 0.15) is 17.2 Å². The Morgan fingerprint density at radius 1 is 1.14 bits per heavy atom. The first-order chi connectivity index (χ1) is 10.4. The lowest BCUT2D eigenvalue weighted by Gasteiger charge is -2.07. The number of nitro benzene ring substituents is 1. The molecule has 7 heteroatoms. The molecule has 1 atom stereocenters. The van der Waals surface area contributed by atoms with Crippen LogP contribution in [0.4, 0.5) is 5.69 Å². The molecule has 1 unspecified atom stereocenters. The Morgan fingerprint density at radius 2 is 1.86 bits per heavy atom. The maximum absolute atomic E-state index is 10.6. The van der Waals surface area contributed by atoms with Crippen LogP contribution in [-0.4, -0.2) is 15.1 Å². The number of aliphatic hydroxyl groups excluding tert-OH is 1. The number of rotatable bonds is 4. The monoisotopic (exact) mass is 339 g/mol. The van der Waals surface area contributed by atoms with Crippen molar-refractivity contribution in [3.63, 3.8) is 0 Å². The molecule has 0 bridgehead atoms. The highest BCUT2D eigenvalue weighted by Gasteiger charge is 2.12. The minimum Gasteiger partial charge on any atom is -0.502 e. The molecule has 0 saturated carbocycles. The van der Waals surface area contributed by atoms with E-state index in [0.29, 0.717) is 21.2 Å². The Morgan fingerprint density at radius 3 is 2.45 bits per heavy atom. The van der Waals surface area contributed by atoms with Gasteiger partial charge in [-0.15, -0.1) is 0 Å². The quantitative estimate of drug-likeness (QED) is 0.640. The molecule has 0 fully saturated rings. The summed E-state index contributed by atoms with van der Waals surface area (Å²) >= 11 is 11.7. The number of benzene rings is 2. The van der Waals surface area contributed by atoms with E-state index in [1.807, 2.05) is 0 Å². The standard InChI is InChI=1S/C15H11Cl2NO4/c16-11-4-3-10(8-12(11)17)14(19)6-2-9-1-5-13(18(21)22)15(20)7-9/h1-8,14,19-20H/b6-2+. The fourth-order valence-corrected chi connectivity index (χ4v) is 2.11. The van der Waals surface area contributed by atoms with Crippen molar-refractivity contribution in [3.05, 3.63) is 73.8 Å². The van der Waals surface area contributed by atoms with Crippen molar-refractivity contribution >= 4 is 35.0 Å². The molecule has 2 aromatic carbocycles. The lowest BCUT2D eigenvalue weighted by Crippen LogP contribution is -1.93. The van der Waals surface area contributed by atoms with E-state index < -0.39 is 16.8 Å². The zero-order chi connectivity index (χ0) is 16.3. The number of nitrogens with zero attached hydrogens (tertiary/aromatic N) is 1. The molecule has 0 saturated heterocycles. The van der Waals surface area contributed by atoms with Crippen LogP contribution >= 0.6 is 23.2 Å². The van der Waals surface area contributed by atoms with Gasteiger partial charge < -0.3 is 10.2 Å². The molecular weight excluding hydrogens is 329 g/mol. The van der Waals surface area contributed by atoms with Crippen LogP contribution in [0, 0.1) is 10.1 Å². The topological polar surface area (TPSA) is 83.6 Å². The number of halogens is 2. The minimum absolute atomic E-state index is 0.333. The predicted molar refractivity (Wildman–Crippen MR) is 85.2 cm³/mol. The molecule has 0 radical (unpaired) electrons. The van der Waals surface area contributed by atoms with Crippen molar-refractivity contribution in [2.24, 2.45) is 0 Å². The van der Waals surface area contributed by atoms with Crippen molar-refractivity contribution in [2.45, 2.75) is 6.10 Å². The van der Waals surface area contributed by atoms with Gasteiger partial charge in [0.25, 0.3) is 0 Å². The molecule has 2 N–H and O–H groups in total. The maximum Gasteiger partial charge on any atom is 0.310 e. The number of hydrogen-bond donors (Lipinski definition) is 2. The molecule has 2 rings (SSSR count). The Bertz CT molecular complexity index is 746. The van der Waals surface area contributed by atoms with Crippen molar-refractivity contribution in [1.29, 1.82) is 0 Å². The van der Waals surface area contributed by atoms with E-state index >= 15 is 0 Å². The third-order valence-corrected chi connectivity index (χ3v) is 3.69. The molecule has 22 heavy (non-hydrogen) atoms. The van der Waals surface area contributed by atoms with Crippen LogP contribution in [0.15, 0.2) is 42.5 Å². The molecule has 0 heterocycles. The summed E-state index contributed by atoms with van der Waals surface area (Å²) in [6, 6.07) is 8.67. The van der Waals surface area contributed by atoms with Crippen LogP contribution in [0.25, 0.3) is 6.08 Å². The zero-order valence-electron chi connectivity index (χ0n) is 11.1. The fourth-order valence-electron chi connectivity index (χ4n) is 1.81. The molecule has 0 aromatic heterocycles. The second-order valence-corrected chi connectivity index (χ2v) is 5.30. The van der Waals surface area contributed by atoms with Crippen molar-refractivity contribution in [3.8, 4) is 5.75 Å². The van der Waals surface area contributed by atoms with Gasteiger partial charge in [-0.1, -0.05) is 41.4 Å². The molecule has 2 aromatic rings. The van der Waals surface area contributed by atoms with Crippen molar-refractivity contribution < 1.29 is 15.1 Å². The molecule has 5 nitrogen and oxygen atoms in total. The SMILES string of the molecule is O=[N+]([O-])c1ccc(/C=C/C(O)c2ccc(Cl)c(Cl)c2)cc1O. The fraction of sp³-hybridized carbons (Fsp3) is 0.0667. The summed E-state index contributed by atoms with van der Waals surface area (Å²) < 4.78 is 0. The van der Waals surface area contributed by atoms with Crippen molar-refractivity contribution in [2.75, 3.05) is 0 Å². The number of nitro groups is 1. The number of phenols is 1. The highest BCUT2D eigenvalue weighted by molar-refractivity contribution is 6.42.